The van der Waals surface area contributed by atoms with E-state index in [-0.39, 0.29) is 0 Å². The highest BCUT2D eigenvalue weighted by Gasteiger charge is 2.32. The Hall–Kier alpha value is -0.0800. The molecule has 0 amide bonds. The summed E-state index contributed by atoms with van der Waals surface area (Å²) in [5, 5.41) is 0. The van der Waals surface area contributed by atoms with E-state index < -0.39 is 5.79 Å². The van der Waals surface area contributed by atoms with E-state index in [1.54, 1.807) is 0 Å². The van der Waals surface area contributed by atoms with Gasteiger partial charge >= 0.3 is 0 Å². The number of hydrogen-bond donors (Lipinski definition) is 0. The largest absolute Gasteiger partial charge is 0.350 e. The third-order valence-corrected chi connectivity index (χ3v) is 5.16. The van der Waals surface area contributed by atoms with Gasteiger partial charge in [0.25, 0.3) is 0 Å². The average molecular weight is 343 g/mol. The molecule has 0 bridgehead atoms. The lowest BCUT2D eigenvalue weighted by Crippen LogP contribution is -2.40. The molecule has 0 spiro atoms. The van der Waals surface area contributed by atoms with Crippen molar-refractivity contribution in [2.75, 3.05) is 13.2 Å². The molecule has 0 rings (SSSR count). The zero-order valence-electron chi connectivity index (χ0n) is 17.5. The summed E-state index contributed by atoms with van der Waals surface area (Å²) in [5.74, 6) is 0.0668. The second-order valence-corrected chi connectivity index (χ2v) is 7.58. The zero-order valence-corrected chi connectivity index (χ0v) is 17.5. The van der Waals surface area contributed by atoms with Crippen LogP contribution < -0.4 is 0 Å². The summed E-state index contributed by atoms with van der Waals surface area (Å²) in [5.41, 5.74) is 0. The molecule has 1 atom stereocenters. The fourth-order valence-electron chi connectivity index (χ4n) is 3.07. The molecule has 0 saturated heterocycles. The van der Waals surface area contributed by atoms with Crippen molar-refractivity contribution >= 4 is 0 Å². The molecule has 0 heterocycles. The Morgan fingerprint density at radius 3 is 1.54 bits per heavy atom. The van der Waals surface area contributed by atoms with E-state index in [0.29, 0.717) is 5.92 Å². The molecule has 0 aliphatic rings. The Morgan fingerprint density at radius 1 is 0.625 bits per heavy atom. The summed E-state index contributed by atoms with van der Waals surface area (Å²) in [6, 6.07) is 0. The molecular formula is C22H46O2. The van der Waals surface area contributed by atoms with Gasteiger partial charge in [0.1, 0.15) is 0 Å². The van der Waals surface area contributed by atoms with Gasteiger partial charge in [-0.05, 0) is 26.2 Å². The predicted molar refractivity (Wildman–Crippen MR) is 107 cm³/mol. The van der Waals surface area contributed by atoms with Crippen LogP contribution in [0.15, 0.2) is 0 Å². The van der Waals surface area contributed by atoms with E-state index in [1.807, 2.05) is 0 Å². The molecule has 0 fully saturated rings. The van der Waals surface area contributed by atoms with Gasteiger partial charge in [-0.3, -0.25) is 0 Å². The van der Waals surface area contributed by atoms with Crippen LogP contribution in [0, 0.1) is 5.92 Å². The van der Waals surface area contributed by atoms with Crippen molar-refractivity contribution in [2.45, 2.75) is 124 Å². The summed E-state index contributed by atoms with van der Waals surface area (Å²) in [6.45, 7) is 12.9. The monoisotopic (exact) mass is 342 g/mol. The molecule has 146 valence electrons. The Morgan fingerprint density at radius 2 is 1.04 bits per heavy atom. The van der Waals surface area contributed by atoms with Crippen LogP contribution in [0.25, 0.3) is 0 Å². The Balaban J connectivity index is 4.20. The third-order valence-electron chi connectivity index (χ3n) is 5.16. The summed E-state index contributed by atoms with van der Waals surface area (Å²) >= 11 is 0. The minimum Gasteiger partial charge on any atom is -0.350 e. The lowest BCUT2D eigenvalue weighted by Gasteiger charge is -2.36. The molecule has 0 saturated carbocycles. The molecule has 0 aromatic rings. The van der Waals surface area contributed by atoms with Crippen molar-refractivity contribution in [1.82, 2.24) is 0 Å². The van der Waals surface area contributed by atoms with Gasteiger partial charge in [-0.2, -0.15) is 0 Å². The van der Waals surface area contributed by atoms with Gasteiger partial charge in [0.05, 0.1) is 13.2 Å². The van der Waals surface area contributed by atoms with Crippen LogP contribution >= 0.6 is 0 Å². The standard InChI is InChI=1S/C22H46O2/c1-6-9-12-13-14-15-18-21(4)22(5,23-19-16-10-7-2)24-20-17-11-8-3/h21H,6-20H2,1-5H3. The van der Waals surface area contributed by atoms with Crippen LogP contribution in [0.3, 0.4) is 0 Å². The van der Waals surface area contributed by atoms with Crippen molar-refractivity contribution in [3.8, 4) is 0 Å². The van der Waals surface area contributed by atoms with E-state index >= 15 is 0 Å². The molecule has 0 aliphatic heterocycles. The van der Waals surface area contributed by atoms with Gasteiger partial charge in [0.2, 0.25) is 0 Å². The second-order valence-electron chi connectivity index (χ2n) is 7.58. The van der Waals surface area contributed by atoms with E-state index in [1.165, 1.54) is 70.6 Å². The van der Waals surface area contributed by atoms with Crippen LogP contribution in [0.1, 0.15) is 118 Å². The number of hydrogen-bond acceptors (Lipinski definition) is 2. The molecule has 2 heteroatoms. The highest BCUT2D eigenvalue weighted by Crippen LogP contribution is 2.29. The predicted octanol–water partition coefficient (Wildman–Crippen LogP) is 7.50. The molecule has 0 aliphatic carbocycles. The van der Waals surface area contributed by atoms with Gasteiger partial charge < -0.3 is 9.47 Å². The fourth-order valence-corrected chi connectivity index (χ4v) is 3.07. The lowest BCUT2D eigenvalue weighted by atomic mass is 9.94. The molecule has 0 aromatic heterocycles. The fraction of sp³-hybridized carbons (Fsp3) is 1.00. The van der Waals surface area contributed by atoms with E-state index in [4.69, 9.17) is 9.47 Å². The summed E-state index contributed by atoms with van der Waals surface area (Å²) in [7, 11) is 0. The number of ether oxygens (including phenoxy) is 2. The molecule has 0 N–H and O–H groups in total. The van der Waals surface area contributed by atoms with E-state index in [9.17, 15) is 0 Å². The summed E-state index contributed by atoms with van der Waals surface area (Å²) < 4.78 is 12.5. The molecule has 0 aromatic carbocycles. The van der Waals surface area contributed by atoms with Crippen molar-refractivity contribution in [2.24, 2.45) is 5.92 Å². The zero-order chi connectivity index (χ0) is 18.1. The normalized spacial score (nSPS) is 13.4. The number of unbranched alkanes of at least 4 members (excludes halogenated alkanes) is 9. The Labute approximate surface area is 153 Å². The van der Waals surface area contributed by atoms with Crippen LogP contribution in [-0.4, -0.2) is 19.0 Å². The first-order chi connectivity index (χ1) is 11.6. The average Bonchev–Trinajstić information content (AvgIpc) is 2.58. The SMILES string of the molecule is CCCCCCCCC(C)C(C)(OCCCCC)OCCCCC. The highest BCUT2D eigenvalue weighted by molar-refractivity contribution is 4.72. The quantitative estimate of drug-likeness (QED) is 0.189. The first-order valence-electron chi connectivity index (χ1n) is 10.9. The van der Waals surface area contributed by atoms with Crippen molar-refractivity contribution in [3.05, 3.63) is 0 Å². The maximum absolute atomic E-state index is 6.25. The summed E-state index contributed by atoms with van der Waals surface area (Å²) in [4.78, 5) is 0. The Kier molecular flexibility index (Phi) is 16.3. The van der Waals surface area contributed by atoms with Gasteiger partial charge in [0, 0.05) is 5.92 Å². The van der Waals surface area contributed by atoms with Crippen molar-refractivity contribution in [3.63, 3.8) is 0 Å². The van der Waals surface area contributed by atoms with Gasteiger partial charge in [-0.15, -0.1) is 0 Å². The molecule has 24 heavy (non-hydrogen) atoms. The van der Waals surface area contributed by atoms with Gasteiger partial charge in [-0.25, -0.2) is 0 Å². The first-order valence-corrected chi connectivity index (χ1v) is 10.9. The van der Waals surface area contributed by atoms with Gasteiger partial charge in [0.15, 0.2) is 5.79 Å². The second kappa shape index (κ2) is 16.4. The molecule has 1 unspecified atom stereocenters. The highest BCUT2D eigenvalue weighted by atomic mass is 16.7. The lowest BCUT2D eigenvalue weighted by molar-refractivity contribution is -0.255. The maximum Gasteiger partial charge on any atom is 0.167 e. The molecular weight excluding hydrogens is 296 g/mol. The third kappa shape index (κ3) is 12.3. The minimum absolute atomic E-state index is 0.398. The Bertz CT molecular complexity index is 240. The van der Waals surface area contributed by atoms with Gasteiger partial charge in [-0.1, -0.05) is 91.9 Å². The minimum atomic E-state index is -0.398. The molecule has 0 radical (unpaired) electrons. The van der Waals surface area contributed by atoms with Crippen LogP contribution in [0.5, 0.6) is 0 Å². The topological polar surface area (TPSA) is 18.5 Å². The van der Waals surface area contributed by atoms with Crippen LogP contribution in [0.4, 0.5) is 0 Å². The number of rotatable bonds is 18. The molecule has 2 nitrogen and oxygen atoms in total. The smallest absolute Gasteiger partial charge is 0.167 e. The van der Waals surface area contributed by atoms with E-state index in [2.05, 4.69) is 34.6 Å². The van der Waals surface area contributed by atoms with Crippen molar-refractivity contribution in [1.29, 1.82) is 0 Å². The first kappa shape index (κ1) is 23.9. The van der Waals surface area contributed by atoms with E-state index in [0.717, 1.165) is 26.1 Å². The summed E-state index contributed by atoms with van der Waals surface area (Å²) in [6.07, 6.45) is 16.6. The van der Waals surface area contributed by atoms with Crippen molar-refractivity contribution < 1.29 is 9.47 Å². The van der Waals surface area contributed by atoms with Crippen LogP contribution in [-0.2, 0) is 9.47 Å². The van der Waals surface area contributed by atoms with Crippen LogP contribution in [0.2, 0.25) is 0 Å². The maximum atomic E-state index is 6.25.